The molecule has 1 fully saturated rings. The number of aromatic nitrogens is 2. The Kier molecular flexibility index (Phi) is 5.83. The average molecular weight is 446 g/mol. The number of carbonyl (C=O) groups is 1. The minimum atomic E-state index is -0.209. The number of hydrogen-bond acceptors (Lipinski definition) is 4. The minimum Gasteiger partial charge on any atom is -0.493 e. The molecule has 2 aliphatic rings. The normalized spacial score (nSPS) is 18.1. The molecule has 1 aliphatic carbocycles. The van der Waals surface area contributed by atoms with Crippen LogP contribution in [0.3, 0.4) is 0 Å². The van der Waals surface area contributed by atoms with Crippen molar-refractivity contribution >= 4 is 5.91 Å². The van der Waals surface area contributed by atoms with E-state index in [-0.39, 0.29) is 18.0 Å². The predicted molar refractivity (Wildman–Crippen MR) is 128 cm³/mol. The molecule has 2 aromatic carbocycles. The molecule has 172 valence electrons. The van der Waals surface area contributed by atoms with Gasteiger partial charge < -0.3 is 14.4 Å². The van der Waals surface area contributed by atoms with Gasteiger partial charge in [-0.2, -0.15) is 5.10 Å². The first kappa shape index (κ1) is 21.6. The summed E-state index contributed by atoms with van der Waals surface area (Å²) in [5.41, 5.74) is 5.63. The molecular formula is C27H31N3O3. The molecule has 1 saturated carbocycles. The molecule has 33 heavy (non-hydrogen) atoms. The summed E-state index contributed by atoms with van der Waals surface area (Å²) in [6.07, 6.45) is 5.32. The largest absolute Gasteiger partial charge is 0.493 e. The lowest BCUT2D eigenvalue weighted by molar-refractivity contribution is 0.0660. The minimum absolute atomic E-state index is 0.0399. The molecule has 3 aromatic rings. The Hall–Kier alpha value is -3.28. The van der Waals surface area contributed by atoms with Gasteiger partial charge in [-0.1, -0.05) is 55.7 Å². The molecule has 0 bridgehead atoms. The van der Waals surface area contributed by atoms with E-state index in [0.717, 1.165) is 60.2 Å². The van der Waals surface area contributed by atoms with E-state index in [1.54, 1.807) is 7.11 Å². The van der Waals surface area contributed by atoms with Crippen molar-refractivity contribution < 1.29 is 14.3 Å². The van der Waals surface area contributed by atoms with Gasteiger partial charge in [0.2, 0.25) is 0 Å². The van der Waals surface area contributed by atoms with Gasteiger partial charge in [0.15, 0.2) is 11.5 Å². The molecule has 6 heteroatoms. The van der Waals surface area contributed by atoms with E-state index in [1.807, 2.05) is 12.1 Å². The second-order valence-corrected chi connectivity index (χ2v) is 9.04. The van der Waals surface area contributed by atoms with E-state index in [1.165, 1.54) is 5.56 Å². The second-order valence-electron chi connectivity index (χ2n) is 9.04. The standard InChI is InChI=1S/C27H31N3O3/c1-4-15-33-21-14-13-19(16-22(21)32-3)26-23-24(18-11-9-17(2)10-12-18)28-29-25(23)27(31)30(26)20-7-5-6-8-20/h9-14,16,20,26H,4-8,15H2,1-3H3,(H,28,29). The summed E-state index contributed by atoms with van der Waals surface area (Å²) < 4.78 is 11.6. The number of nitrogens with zero attached hydrogens (tertiary/aromatic N) is 2. The number of methoxy groups -OCH3 is 1. The van der Waals surface area contributed by atoms with E-state index >= 15 is 0 Å². The number of nitrogens with one attached hydrogen (secondary N) is 1. The molecule has 1 unspecified atom stereocenters. The molecule has 0 spiro atoms. The maximum atomic E-state index is 13.6. The monoisotopic (exact) mass is 445 g/mol. The van der Waals surface area contributed by atoms with Crippen LogP contribution in [-0.2, 0) is 0 Å². The highest BCUT2D eigenvalue weighted by molar-refractivity contribution is 6.00. The number of aryl methyl sites for hydroxylation is 1. The summed E-state index contributed by atoms with van der Waals surface area (Å²) in [5, 5.41) is 7.67. The smallest absolute Gasteiger partial charge is 0.273 e. The van der Waals surface area contributed by atoms with Crippen molar-refractivity contribution in [3.05, 3.63) is 64.8 Å². The van der Waals surface area contributed by atoms with Gasteiger partial charge in [-0.05, 0) is 43.9 Å². The third-order valence-corrected chi connectivity index (χ3v) is 6.81. The van der Waals surface area contributed by atoms with E-state index in [0.29, 0.717) is 18.1 Å². The summed E-state index contributed by atoms with van der Waals surface area (Å²) in [7, 11) is 1.66. The van der Waals surface area contributed by atoms with Crippen LogP contribution in [0.5, 0.6) is 11.5 Å². The third kappa shape index (κ3) is 3.77. The van der Waals surface area contributed by atoms with Gasteiger partial charge in [-0.3, -0.25) is 9.89 Å². The lowest BCUT2D eigenvalue weighted by Crippen LogP contribution is -2.37. The van der Waals surface area contributed by atoms with E-state index in [2.05, 4.69) is 59.3 Å². The molecule has 2 heterocycles. The Morgan fingerprint density at radius 2 is 1.85 bits per heavy atom. The van der Waals surface area contributed by atoms with E-state index in [9.17, 15) is 4.79 Å². The fraction of sp³-hybridized carbons (Fsp3) is 0.407. The summed E-state index contributed by atoms with van der Waals surface area (Å²) in [6, 6.07) is 14.4. The fourth-order valence-electron chi connectivity index (χ4n) is 5.17. The maximum absolute atomic E-state index is 13.6. The molecule has 1 N–H and O–H groups in total. The summed E-state index contributed by atoms with van der Waals surface area (Å²) in [5.74, 6) is 1.46. The molecule has 5 rings (SSSR count). The average Bonchev–Trinajstić information content (AvgIpc) is 3.56. The quantitative estimate of drug-likeness (QED) is 0.509. The highest BCUT2D eigenvalue weighted by Gasteiger charge is 2.45. The molecule has 1 aliphatic heterocycles. The van der Waals surface area contributed by atoms with Crippen molar-refractivity contribution in [3.8, 4) is 22.8 Å². The van der Waals surface area contributed by atoms with Crippen LogP contribution >= 0.6 is 0 Å². The number of H-pyrrole nitrogens is 1. The van der Waals surface area contributed by atoms with Gasteiger partial charge in [0.1, 0.15) is 5.69 Å². The summed E-state index contributed by atoms with van der Waals surface area (Å²) in [4.78, 5) is 15.7. The van der Waals surface area contributed by atoms with Crippen molar-refractivity contribution in [2.24, 2.45) is 0 Å². The lowest BCUT2D eigenvalue weighted by atomic mass is 9.94. The SMILES string of the molecule is CCCOc1ccc(C2c3c(-c4ccc(C)cc4)n[nH]c3C(=O)N2C2CCCC2)cc1OC. The van der Waals surface area contributed by atoms with E-state index < -0.39 is 0 Å². The third-order valence-electron chi connectivity index (χ3n) is 6.81. The predicted octanol–water partition coefficient (Wildman–Crippen LogP) is 5.67. The zero-order valence-electron chi connectivity index (χ0n) is 19.6. The van der Waals surface area contributed by atoms with Gasteiger partial charge in [0.25, 0.3) is 5.91 Å². The molecular weight excluding hydrogens is 414 g/mol. The Bertz CT molecular complexity index is 1150. The van der Waals surface area contributed by atoms with Crippen LogP contribution in [0.4, 0.5) is 0 Å². The maximum Gasteiger partial charge on any atom is 0.273 e. The van der Waals surface area contributed by atoms with Gasteiger partial charge in [0, 0.05) is 17.2 Å². The van der Waals surface area contributed by atoms with E-state index in [4.69, 9.17) is 9.47 Å². The second kappa shape index (κ2) is 8.93. The van der Waals surface area contributed by atoms with Crippen LogP contribution in [0.1, 0.15) is 72.2 Å². The Morgan fingerprint density at radius 1 is 1.09 bits per heavy atom. The first-order valence-electron chi connectivity index (χ1n) is 11.9. The van der Waals surface area contributed by atoms with Crippen LogP contribution in [0.2, 0.25) is 0 Å². The Labute approximate surface area is 194 Å². The number of fused-ring (bicyclic) bond motifs is 1. The van der Waals surface area contributed by atoms with Crippen molar-refractivity contribution in [1.82, 2.24) is 15.1 Å². The first-order chi connectivity index (χ1) is 16.1. The zero-order chi connectivity index (χ0) is 22.9. The van der Waals surface area contributed by atoms with Gasteiger partial charge in [-0.25, -0.2) is 0 Å². The van der Waals surface area contributed by atoms with Gasteiger partial charge in [-0.15, -0.1) is 0 Å². The highest BCUT2D eigenvalue weighted by Crippen LogP contribution is 2.47. The topological polar surface area (TPSA) is 67.5 Å². The van der Waals surface area contributed by atoms with Crippen molar-refractivity contribution in [2.45, 2.75) is 58.0 Å². The first-order valence-corrected chi connectivity index (χ1v) is 11.9. The zero-order valence-corrected chi connectivity index (χ0v) is 19.6. The summed E-state index contributed by atoms with van der Waals surface area (Å²) in [6.45, 7) is 4.79. The van der Waals surface area contributed by atoms with Crippen molar-refractivity contribution in [3.63, 3.8) is 0 Å². The molecule has 1 aromatic heterocycles. The number of aromatic amines is 1. The Morgan fingerprint density at radius 3 is 2.55 bits per heavy atom. The van der Waals surface area contributed by atoms with Crippen LogP contribution < -0.4 is 9.47 Å². The molecule has 0 radical (unpaired) electrons. The Balaban J connectivity index is 1.63. The van der Waals surface area contributed by atoms with Crippen molar-refractivity contribution in [2.75, 3.05) is 13.7 Å². The van der Waals surface area contributed by atoms with Gasteiger partial charge in [0.05, 0.1) is 25.5 Å². The number of carbonyl (C=O) groups excluding carboxylic acids is 1. The van der Waals surface area contributed by atoms with Crippen LogP contribution in [-0.4, -0.2) is 40.8 Å². The number of amides is 1. The molecule has 1 amide bonds. The summed E-state index contributed by atoms with van der Waals surface area (Å²) >= 11 is 0. The molecule has 0 saturated heterocycles. The number of benzene rings is 2. The van der Waals surface area contributed by atoms with Crippen LogP contribution in [0, 0.1) is 6.92 Å². The van der Waals surface area contributed by atoms with Gasteiger partial charge >= 0.3 is 0 Å². The van der Waals surface area contributed by atoms with Crippen LogP contribution in [0.25, 0.3) is 11.3 Å². The fourth-order valence-corrected chi connectivity index (χ4v) is 5.17. The molecule has 6 nitrogen and oxygen atoms in total. The van der Waals surface area contributed by atoms with Crippen molar-refractivity contribution in [1.29, 1.82) is 0 Å². The lowest BCUT2D eigenvalue weighted by Gasteiger charge is -2.32. The number of hydrogen-bond donors (Lipinski definition) is 1. The highest BCUT2D eigenvalue weighted by atomic mass is 16.5. The van der Waals surface area contributed by atoms with Crippen LogP contribution in [0.15, 0.2) is 42.5 Å². The molecule has 1 atom stereocenters. The number of rotatable bonds is 7. The number of ether oxygens (including phenoxy) is 2.